The SMILES string of the molecule is Cl.O=S(=O)(CCCC(F)(F)F)NCC1CCCNC1. The molecular weight excluding hydrogens is 305 g/mol. The maximum Gasteiger partial charge on any atom is 0.389 e. The van der Waals surface area contributed by atoms with Gasteiger partial charge in [-0.05, 0) is 38.3 Å². The molecule has 1 atom stereocenters. The number of sulfonamides is 1. The first kappa shape index (κ1) is 18.9. The van der Waals surface area contributed by atoms with Gasteiger partial charge in [-0.15, -0.1) is 12.4 Å². The summed E-state index contributed by atoms with van der Waals surface area (Å²) in [4.78, 5) is 0. The van der Waals surface area contributed by atoms with E-state index in [0.717, 1.165) is 25.9 Å². The third-order valence-corrected chi connectivity index (χ3v) is 4.30. The van der Waals surface area contributed by atoms with Crippen LogP contribution >= 0.6 is 12.4 Å². The number of hydrogen-bond donors (Lipinski definition) is 2. The van der Waals surface area contributed by atoms with Crippen molar-refractivity contribution in [1.82, 2.24) is 10.0 Å². The Morgan fingerprint density at radius 1 is 1.32 bits per heavy atom. The van der Waals surface area contributed by atoms with Crippen molar-refractivity contribution < 1.29 is 21.6 Å². The molecule has 0 amide bonds. The van der Waals surface area contributed by atoms with E-state index in [9.17, 15) is 21.6 Å². The molecule has 0 bridgehead atoms. The molecule has 0 spiro atoms. The van der Waals surface area contributed by atoms with Gasteiger partial charge >= 0.3 is 6.18 Å². The lowest BCUT2D eigenvalue weighted by molar-refractivity contribution is -0.134. The predicted molar refractivity (Wildman–Crippen MR) is 69.9 cm³/mol. The highest BCUT2D eigenvalue weighted by molar-refractivity contribution is 7.89. The van der Waals surface area contributed by atoms with E-state index in [1.54, 1.807) is 0 Å². The van der Waals surface area contributed by atoms with Gasteiger partial charge in [-0.3, -0.25) is 0 Å². The predicted octanol–water partition coefficient (Wildman–Crippen LogP) is 1.67. The van der Waals surface area contributed by atoms with Gasteiger partial charge in [-0.2, -0.15) is 13.2 Å². The topological polar surface area (TPSA) is 58.2 Å². The normalized spacial score (nSPS) is 20.9. The van der Waals surface area contributed by atoms with E-state index in [0.29, 0.717) is 6.54 Å². The van der Waals surface area contributed by atoms with Gasteiger partial charge < -0.3 is 5.32 Å². The van der Waals surface area contributed by atoms with Crippen LogP contribution in [-0.2, 0) is 10.0 Å². The van der Waals surface area contributed by atoms with Gasteiger partial charge in [0.25, 0.3) is 0 Å². The van der Waals surface area contributed by atoms with Gasteiger partial charge in [0.05, 0.1) is 5.75 Å². The summed E-state index contributed by atoms with van der Waals surface area (Å²) >= 11 is 0. The lowest BCUT2D eigenvalue weighted by atomic mass is 10.0. The van der Waals surface area contributed by atoms with E-state index < -0.39 is 28.4 Å². The summed E-state index contributed by atoms with van der Waals surface area (Å²) in [5.74, 6) is -0.233. The van der Waals surface area contributed by atoms with Crippen molar-refractivity contribution in [3.05, 3.63) is 0 Å². The molecule has 19 heavy (non-hydrogen) atoms. The quantitative estimate of drug-likeness (QED) is 0.781. The van der Waals surface area contributed by atoms with Crippen LogP contribution in [0.15, 0.2) is 0 Å². The second-order valence-corrected chi connectivity index (χ2v) is 6.52. The maximum atomic E-state index is 11.9. The molecule has 1 unspecified atom stereocenters. The Morgan fingerprint density at radius 2 is 2.00 bits per heavy atom. The van der Waals surface area contributed by atoms with Gasteiger partial charge in [-0.1, -0.05) is 0 Å². The fourth-order valence-corrected chi connectivity index (χ4v) is 3.04. The maximum absolute atomic E-state index is 11.9. The summed E-state index contributed by atoms with van der Waals surface area (Å²) in [7, 11) is -3.58. The fraction of sp³-hybridized carbons (Fsp3) is 1.00. The first-order valence-corrected chi connectivity index (χ1v) is 7.68. The molecule has 0 aromatic heterocycles. The summed E-state index contributed by atoms with van der Waals surface area (Å²) in [6.45, 7) is 2.00. The average Bonchev–Trinajstić information content (AvgIpc) is 2.26. The lowest BCUT2D eigenvalue weighted by Gasteiger charge is -2.22. The van der Waals surface area contributed by atoms with Gasteiger partial charge in [0.1, 0.15) is 0 Å². The molecule has 2 N–H and O–H groups in total. The highest BCUT2D eigenvalue weighted by Gasteiger charge is 2.27. The summed E-state index contributed by atoms with van der Waals surface area (Å²) in [6.07, 6.45) is -3.79. The third kappa shape index (κ3) is 9.48. The second kappa shape index (κ2) is 8.28. The lowest BCUT2D eigenvalue weighted by Crippen LogP contribution is -2.38. The van der Waals surface area contributed by atoms with E-state index in [1.807, 2.05) is 0 Å². The smallest absolute Gasteiger partial charge is 0.316 e. The van der Waals surface area contributed by atoms with Gasteiger partial charge in [0.15, 0.2) is 0 Å². The minimum atomic E-state index is -4.29. The molecule has 0 aromatic rings. The Hall–Kier alpha value is -0.0500. The number of piperidine rings is 1. The second-order valence-electron chi connectivity index (χ2n) is 4.60. The zero-order valence-electron chi connectivity index (χ0n) is 10.5. The summed E-state index contributed by atoms with van der Waals surface area (Å²) < 4.78 is 61.0. The van der Waals surface area contributed by atoms with Crippen LogP contribution in [-0.4, -0.2) is 40.0 Å². The Kier molecular flexibility index (Phi) is 8.26. The van der Waals surface area contributed by atoms with Crippen LogP contribution < -0.4 is 10.0 Å². The van der Waals surface area contributed by atoms with Crippen molar-refractivity contribution in [2.75, 3.05) is 25.4 Å². The van der Waals surface area contributed by atoms with Crippen molar-refractivity contribution in [2.24, 2.45) is 5.92 Å². The van der Waals surface area contributed by atoms with Crippen molar-refractivity contribution in [2.45, 2.75) is 31.9 Å². The van der Waals surface area contributed by atoms with Gasteiger partial charge in [-0.25, -0.2) is 13.1 Å². The molecule has 0 aliphatic carbocycles. The van der Waals surface area contributed by atoms with Crippen LogP contribution in [0.1, 0.15) is 25.7 Å². The van der Waals surface area contributed by atoms with Gasteiger partial charge in [0.2, 0.25) is 10.0 Å². The van der Waals surface area contributed by atoms with E-state index in [2.05, 4.69) is 10.0 Å². The molecular formula is C10H20ClF3N2O2S. The Morgan fingerprint density at radius 3 is 2.53 bits per heavy atom. The monoisotopic (exact) mass is 324 g/mol. The largest absolute Gasteiger partial charge is 0.389 e. The zero-order chi connectivity index (χ0) is 13.6. The number of alkyl halides is 3. The Balaban J connectivity index is 0.00000324. The van der Waals surface area contributed by atoms with Crippen molar-refractivity contribution in [1.29, 1.82) is 0 Å². The Bertz CT molecular complexity index is 343. The summed E-state index contributed by atoms with van der Waals surface area (Å²) in [5, 5.41) is 3.15. The first-order chi connectivity index (χ1) is 8.29. The van der Waals surface area contributed by atoms with Crippen molar-refractivity contribution >= 4 is 22.4 Å². The molecule has 0 aromatic carbocycles. The zero-order valence-corrected chi connectivity index (χ0v) is 12.1. The summed E-state index contributed by atoms with van der Waals surface area (Å²) in [6, 6.07) is 0. The summed E-state index contributed by atoms with van der Waals surface area (Å²) in [5.41, 5.74) is 0. The molecule has 1 aliphatic rings. The molecule has 1 aliphatic heterocycles. The molecule has 116 valence electrons. The minimum absolute atomic E-state index is 0. The van der Waals surface area contributed by atoms with Crippen LogP contribution in [0.25, 0.3) is 0 Å². The fourth-order valence-electron chi connectivity index (χ4n) is 1.88. The van der Waals surface area contributed by atoms with Crippen LogP contribution in [0.5, 0.6) is 0 Å². The minimum Gasteiger partial charge on any atom is -0.316 e. The standard InChI is InChI=1S/C10H19F3N2O2S.ClH/c11-10(12,13)4-2-6-18(16,17)15-8-9-3-1-5-14-7-9;/h9,14-15H,1-8H2;1H. The highest BCUT2D eigenvalue weighted by atomic mass is 35.5. The molecule has 9 heteroatoms. The molecule has 1 saturated heterocycles. The molecule has 0 saturated carbocycles. The highest BCUT2D eigenvalue weighted by Crippen LogP contribution is 2.21. The molecule has 1 heterocycles. The molecule has 0 radical (unpaired) electrons. The van der Waals surface area contributed by atoms with Crippen molar-refractivity contribution in [3.8, 4) is 0 Å². The van der Waals surface area contributed by atoms with E-state index in [1.165, 1.54) is 0 Å². The first-order valence-electron chi connectivity index (χ1n) is 6.03. The van der Waals surface area contributed by atoms with E-state index in [4.69, 9.17) is 0 Å². The molecule has 4 nitrogen and oxygen atoms in total. The van der Waals surface area contributed by atoms with E-state index in [-0.39, 0.29) is 24.7 Å². The van der Waals surface area contributed by atoms with Crippen LogP contribution in [0.2, 0.25) is 0 Å². The Labute approximate surface area is 118 Å². The number of rotatable bonds is 6. The number of halogens is 4. The van der Waals surface area contributed by atoms with E-state index >= 15 is 0 Å². The molecule has 1 rings (SSSR count). The van der Waals surface area contributed by atoms with Crippen LogP contribution in [0, 0.1) is 5.92 Å². The van der Waals surface area contributed by atoms with Crippen LogP contribution in [0.4, 0.5) is 13.2 Å². The van der Waals surface area contributed by atoms with Crippen LogP contribution in [0.3, 0.4) is 0 Å². The van der Waals surface area contributed by atoms with Gasteiger partial charge in [0, 0.05) is 13.0 Å². The third-order valence-electron chi connectivity index (χ3n) is 2.86. The average molecular weight is 325 g/mol. The number of nitrogens with one attached hydrogen (secondary N) is 2. The number of hydrogen-bond acceptors (Lipinski definition) is 3. The van der Waals surface area contributed by atoms with Crippen molar-refractivity contribution in [3.63, 3.8) is 0 Å². The molecule has 1 fully saturated rings.